The number of para-hydroxylation sites is 3. The van der Waals surface area contributed by atoms with Crippen LogP contribution in [0.15, 0.2) is 72.8 Å². The molecular formula is C23H21N3O5. The summed E-state index contributed by atoms with van der Waals surface area (Å²) in [5.41, 5.74) is 1.11. The Bertz CT molecular complexity index is 1100. The molecule has 0 aliphatic carbocycles. The maximum atomic E-state index is 12.3. The van der Waals surface area contributed by atoms with Gasteiger partial charge in [-0.05, 0) is 42.5 Å². The number of anilines is 3. The van der Waals surface area contributed by atoms with E-state index in [2.05, 4.69) is 16.0 Å². The minimum Gasteiger partial charge on any atom is -0.478 e. The summed E-state index contributed by atoms with van der Waals surface area (Å²) in [7, 11) is 0. The number of hydrogen-bond donors (Lipinski definition) is 4. The van der Waals surface area contributed by atoms with Gasteiger partial charge in [0.1, 0.15) is 5.75 Å². The Kier molecular flexibility index (Phi) is 6.85. The highest BCUT2D eigenvalue weighted by molar-refractivity contribution is 6.01. The molecule has 3 amide bonds. The fraction of sp³-hybridized carbons (Fsp3) is 0.0870. The number of rotatable bonds is 7. The third kappa shape index (κ3) is 5.83. The molecule has 158 valence electrons. The van der Waals surface area contributed by atoms with Gasteiger partial charge < -0.3 is 25.8 Å². The lowest BCUT2D eigenvalue weighted by Crippen LogP contribution is -2.19. The van der Waals surface area contributed by atoms with Gasteiger partial charge in [-0.1, -0.05) is 37.3 Å². The topological polar surface area (TPSA) is 117 Å². The number of aromatic carboxylic acids is 1. The predicted molar refractivity (Wildman–Crippen MR) is 118 cm³/mol. The molecule has 3 rings (SSSR count). The quantitative estimate of drug-likeness (QED) is 0.422. The van der Waals surface area contributed by atoms with Crippen LogP contribution in [0, 0.1) is 0 Å². The van der Waals surface area contributed by atoms with Crippen molar-refractivity contribution in [1.82, 2.24) is 0 Å². The summed E-state index contributed by atoms with van der Waals surface area (Å²) < 4.78 is 5.82. The number of urea groups is 1. The van der Waals surface area contributed by atoms with E-state index in [1.807, 2.05) is 6.07 Å². The van der Waals surface area contributed by atoms with Crippen molar-refractivity contribution in [3.63, 3.8) is 0 Å². The molecule has 8 heteroatoms. The van der Waals surface area contributed by atoms with Crippen LogP contribution in [0.4, 0.5) is 21.9 Å². The third-order valence-corrected chi connectivity index (χ3v) is 4.21. The van der Waals surface area contributed by atoms with Crippen molar-refractivity contribution in [2.75, 3.05) is 16.0 Å². The first-order valence-corrected chi connectivity index (χ1v) is 9.53. The van der Waals surface area contributed by atoms with Gasteiger partial charge in [0.2, 0.25) is 5.91 Å². The van der Waals surface area contributed by atoms with Crippen molar-refractivity contribution in [3.05, 3.63) is 78.4 Å². The number of carboxylic acids is 1. The summed E-state index contributed by atoms with van der Waals surface area (Å²) in [6, 6.07) is 19.6. The Labute approximate surface area is 178 Å². The number of carbonyl (C=O) groups is 3. The minimum absolute atomic E-state index is 0.105. The maximum absolute atomic E-state index is 12.3. The first-order chi connectivity index (χ1) is 15.0. The molecule has 0 saturated carbocycles. The zero-order chi connectivity index (χ0) is 22.2. The predicted octanol–water partition coefficient (Wildman–Crippen LogP) is 5.17. The van der Waals surface area contributed by atoms with Crippen molar-refractivity contribution in [3.8, 4) is 11.5 Å². The molecule has 0 aliphatic heterocycles. The minimum atomic E-state index is -1.20. The van der Waals surface area contributed by atoms with E-state index < -0.39 is 12.0 Å². The Morgan fingerprint density at radius 3 is 2.26 bits per heavy atom. The summed E-state index contributed by atoms with van der Waals surface area (Å²) >= 11 is 0. The van der Waals surface area contributed by atoms with E-state index in [9.17, 15) is 19.5 Å². The molecular weight excluding hydrogens is 398 g/mol. The lowest BCUT2D eigenvalue weighted by molar-refractivity contribution is -0.115. The van der Waals surface area contributed by atoms with Crippen LogP contribution in [0.1, 0.15) is 23.7 Å². The Hall–Kier alpha value is -4.33. The van der Waals surface area contributed by atoms with E-state index in [-0.39, 0.29) is 29.3 Å². The van der Waals surface area contributed by atoms with Crippen LogP contribution in [-0.4, -0.2) is 23.0 Å². The summed E-state index contributed by atoms with van der Waals surface area (Å²) in [5, 5.41) is 17.5. The van der Waals surface area contributed by atoms with Gasteiger partial charge in [-0.25, -0.2) is 9.59 Å². The number of benzene rings is 3. The van der Waals surface area contributed by atoms with Crippen LogP contribution in [-0.2, 0) is 4.79 Å². The summed E-state index contributed by atoms with van der Waals surface area (Å²) in [6.45, 7) is 1.67. The molecule has 8 nitrogen and oxygen atoms in total. The van der Waals surface area contributed by atoms with Crippen LogP contribution in [0.3, 0.4) is 0 Å². The number of nitrogens with one attached hydrogen (secondary N) is 3. The summed E-state index contributed by atoms with van der Waals surface area (Å²) in [6.07, 6.45) is 0.224. The van der Waals surface area contributed by atoms with Crippen LogP contribution >= 0.6 is 0 Å². The number of carbonyl (C=O) groups excluding carboxylic acids is 2. The average molecular weight is 419 g/mol. The highest BCUT2D eigenvalue weighted by Crippen LogP contribution is 2.31. The van der Waals surface area contributed by atoms with Gasteiger partial charge in [0, 0.05) is 12.1 Å². The molecule has 0 saturated heterocycles. The molecule has 4 N–H and O–H groups in total. The van der Waals surface area contributed by atoms with Crippen LogP contribution < -0.4 is 20.7 Å². The fourth-order valence-electron chi connectivity index (χ4n) is 2.70. The summed E-state index contributed by atoms with van der Waals surface area (Å²) in [5.74, 6) is -0.933. The molecule has 3 aromatic rings. The SMILES string of the molecule is CCC(=O)Nc1ccc(Oc2ccccc2NC(=O)Nc2ccccc2)cc1C(=O)O. The van der Waals surface area contributed by atoms with Crippen LogP contribution in [0.25, 0.3) is 0 Å². The monoisotopic (exact) mass is 419 g/mol. The van der Waals surface area contributed by atoms with Gasteiger partial charge in [-0.15, -0.1) is 0 Å². The zero-order valence-corrected chi connectivity index (χ0v) is 16.7. The second-order valence-electron chi connectivity index (χ2n) is 6.46. The Morgan fingerprint density at radius 1 is 0.839 bits per heavy atom. The summed E-state index contributed by atoms with van der Waals surface area (Å²) in [4.78, 5) is 35.5. The molecule has 3 aromatic carbocycles. The van der Waals surface area contributed by atoms with E-state index in [4.69, 9.17) is 4.74 Å². The Morgan fingerprint density at radius 2 is 1.55 bits per heavy atom. The van der Waals surface area contributed by atoms with Crippen molar-refractivity contribution in [2.45, 2.75) is 13.3 Å². The molecule has 0 fully saturated rings. The van der Waals surface area contributed by atoms with Crippen LogP contribution in [0.5, 0.6) is 11.5 Å². The number of ether oxygens (including phenoxy) is 1. The highest BCUT2D eigenvalue weighted by atomic mass is 16.5. The van der Waals surface area contributed by atoms with E-state index in [1.54, 1.807) is 61.5 Å². The van der Waals surface area contributed by atoms with Crippen molar-refractivity contribution >= 4 is 35.0 Å². The van der Waals surface area contributed by atoms with Gasteiger partial charge in [-0.3, -0.25) is 4.79 Å². The smallest absolute Gasteiger partial charge is 0.337 e. The van der Waals surface area contributed by atoms with Gasteiger partial charge in [0.25, 0.3) is 0 Å². The lowest BCUT2D eigenvalue weighted by Gasteiger charge is -2.14. The Balaban J connectivity index is 1.78. The van der Waals surface area contributed by atoms with Crippen LogP contribution in [0.2, 0.25) is 0 Å². The molecule has 0 atom stereocenters. The first kappa shape index (κ1) is 21.4. The number of amides is 3. The van der Waals surface area contributed by atoms with E-state index in [0.29, 0.717) is 17.1 Å². The maximum Gasteiger partial charge on any atom is 0.337 e. The zero-order valence-electron chi connectivity index (χ0n) is 16.7. The van der Waals surface area contributed by atoms with Crippen molar-refractivity contribution < 1.29 is 24.2 Å². The number of hydrogen-bond acceptors (Lipinski definition) is 4. The fourth-order valence-corrected chi connectivity index (χ4v) is 2.70. The second-order valence-corrected chi connectivity index (χ2v) is 6.46. The van der Waals surface area contributed by atoms with E-state index in [0.717, 1.165) is 0 Å². The number of carboxylic acid groups (broad SMARTS) is 1. The molecule has 0 aliphatic rings. The average Bonchev–Trinajstić information content (AvgIpc) is 2.76. The molecule has 0 spiro atoms. The molecule has 0 heterocycles. The third-order valence-electron chi connectivity index (χ3n) is 4.21. The van der Waals surface area contributed by atoms with Gasteiger partial charge >= 0.3 is 12.0 Å². The van der Waals surface area contributed by atoms with Crippen molar-refractivity contribution in [1.29, 1.82) is 0 Å². The molecule has 0 radical (unpaired) electrons. The molecule has 0 aromatic heterocycles. The standard InChI is InChI=1S/C23H21N3O5/c1-2-21(27)25-18-13-12-16(14-17(18)22(28)29)31-20-11-7-6-10-19(20)26-23(30)24-15-8-4-3-5-9-15/h3-14H,2H2,1H3,(H,25,27)(H,28,29)(H2,24,26,30). The first-order valence-electron chi connectivity index (χ1n) is 9.53. The molecule has 31 heavy (non-hydrogen) atoms. The van der Waals surface area contributed by atoms with Crippen molar-refractivity contribution in [2.24, 2.45) is 0 Å². The molecule has 0 unspecified atom stereocenters. The van der Waals surface area contributed by atoms with Gasteiger partial charge in [-0.2, -0.15) is 0 Å². The largest absolute Gasteiger partial charge is 0.478 e. The van der Waals surface area contributed by atoms with E-state index >= 15 is 0 Å². The molecule has 0 bridgehead atoms. The van der Waals surface area contributed by atoms with Gasteiger partial charge in [0.15, 0.2) is 5.75 Å². The van der Waals surface area contributed by atoms with Gasteiger partial charge in [0.05, 0.1) is 16.9 Å². The second kappa shape index (κ2) is 9.93. The lowest BCUT2D eigenvalue weighted by atomic mass is 10.1. The highest BCUT2D eigenvalue weighted by Gasteiger charge is 2.15. The van der Waals surface area contributed by atoms with E-state index in [1.165, 1.54) is 12.1 Å². The normalized spacial score (nSPS) is 10.1.